The molecule has 4 heteroatoms. The molecule has 1 N–H and O–H groups in total. The topological polar surface area (TPSA) is 29.1 Å². The maximum Gasteiger partial charge on any atom is 0.224 e. The van der Waals surface area contributed by atoms with Gasteiger partial charge in [0.05, 0.1) is 12.5 Å². The summed E-state index contributed by atoms with van der Waals surface area (Å²) in [7, 11) is 0. The lowest BCUT2D eigenvalue weighted by atomic mass is 10.0. The lowest BCUT2D eigenvalue weighted by Crippen LogP contribution is -2.32. The van der Waals surface area contributed by atoms with Crippen molar-refractivity contribution in [1.82, 2.24) is 5.32 Å². The lowest BCUT2D eigenvalue weighted by molar-refractivity contribution is -0.121. The van der Waals surface area contributed by atoms with Gasteiger partial charge >= 0.3 is 0 Å². The van der Waals surface area contributed by atoms with Gasteiger partial charge in [-0.2, -0.15) is 0 Å². The fourth-order valence-corrected chi connectivity index (χ4v) is 3.70. The van der Waals surface area contributed by atoms with Crippen LogP contribution in [0.4, 0.5) is 4.39 Å². The molecule has 0 saturated carbocycles. The molecule has 2 aromatic carbocycles. The minimum atomic E-state index is -0.195. The van der Waals surface area contributed by atoms with Crippen molar-refractivity contribution in [1.29, 1.82) is 0 Å². The van der Waals surface area contributed by atoms with E-state index in [9.17, 15) is 9.18 Å². The predicted octanol–water partition coefficient (Wildman–Crippen LogP) is 3.72. The first-order valence-electron chi connectivity index (χ1n) is 6.98. The summed E-state index contributed by atoms with van der Waals surface area (Å²) >= 11 is 1.52. The molecule has 0 unspecified atom stereocenters. The van der Waals surface area contributed by atoms with Crippen molar-refractivity contribution in [3.05, 3.63) is 65.5 Å². The highest BCUT2D eigenvalue weighted by atomic mass is 32.2. The van der Waals surface area contributed by atoms with Gasteiger partial charge in [-0.3, -0.25) is 4.79 Å². The smallest absolute Gasteiger partial charge is 0.224 e. The zero-order chi connectivity index (χ0) is 14.7. The van der Waals surface area contributed by atoms with Gasteiger partial charge in [0.25, 0.3) is 0 Å². The number of carbonyl (C=O) groups is 1. The van der Waals surface area contributed by atoms with E-state index < -0.39 is 0 Å². The van der Waals surface area contributed by atoms with Crippen LogP contribution in [0.25, 0.3) is 0 Å². The Morgan fingerprint density at radius 1 is 1.19 bits per heavy atom. The quantitative estimate of drug-likeness (QED) is 0.936. The first kappa shape index (κ1) is 14.1. The molecule has 3 rings (SSSR count). The normalized spacial score (nSPS) is 17.1. The Morgan fingerprint density at radius 2 is 2.00 bits per heavy atom. The maximum absolute atomic E-state index is 13.8. The summed E-state index contributed by atoms with van der Waals surface area (Å²) < 4.78 is 13.8. The van der Waals surface area contributed by atoms with E-state index in [0.29, 0.717) is 11.3 Å². The van der Waals surface area contributed by atoms with Gasteiger partial charge in [-0.25, -0.2) is 4.39 Å². The Hall–Kier alpha value is -1.81. The standard InChI is InChI=1S/C17H16FNOS/c18-14-8-4-7-13-15(9-10-21-17(13)14)19-16(20)11-12-5-2-1-3-6-12/h1-8,15H,9-11H2,(H,19,20)/t15-/m1/s1. The van der Waals surface area contributed by atoms with Crippen LogP contribution in [0.3, 0.4) is 0 Å². The van der Waals surface area contributed by atoms with Crippen molar-refractivity contribution < 1.29 is 9.18 Å². The third-order valence-corrected chi connectivity index (χ3v) is 4.73. The molecule has 0 fully saturated rings. The highest BCUT2D eigenvalue weighted by Gasteiger charge is 2.24. The van der Waals surface area contributed by atoms with Crippen molar-refractivity contribution >= 4 is 17.7 Å². The van der Waals surface area contributed by atoms with Crippen LogP contribution in [-0.4, -0.2) is 11.7 Å². The van der Waals surface area contributed by atoms with Gasteiger partial charge in [-0.15, -0.1) is 11.8 Å². The summed E-state index contributed by atoms with van der Waals surface area (Å²) in [5.41, 5.74) is 1.88. The first-order valence-corrected chi connectivity index (χ1v) is 7.97. The van der Waals surface area contributed by atoms with Crippen LogP contribution >= 0.6 is 11.8 Å². The van der Waals surface area contributed by atoms with Crippen molar-refractivity contribution in [2.75, 3.05) is 5.75 Å². The first-order chi connectivity index (χ1) is 10.2. The molecule has 2 aromatic rings. The molecule has 1 aliphatic heterocycles. The zero-order valence-electron chi connectivity index (χ0n) is 11.5. The molecule has 0 bridgehead atoms. The highest BCUT2D eigenvalue weighted by molar-refractivity contribution is 7.99. The van der Waals surface area contributed by atoms with Gasteiger partial charge in [0, 0.05) is 10.6 Å². The van der Waals surface area contributed by atoms with Crippen LogP contribution in [0.5, 0.6) is 0 Å². The average molecular weight is 301 g/mol. The summed E-state index contributed by atoms with van der Waals surface area (Å²) in [6.07, 6.45) is 1.19. The molecule has 2 nitrogen and oxygen atoms in total. The Morgan fingerprint density at radius 3 is 2.81 bits per heavy atom. The van der Waals surface area contributed by atoms with Crippen LogP contribution < -0.4 is 5.32 Å². The Kier molecular flexibility index (Phi) is 4.25. The number of carbonyl (C=O) groups excluding carboxylic acids is 1. The van der Waals surface area contributed by atoms with Crippen molar-refractivity contribution in [3.63, 3.8) is 0 Å². The Bertz CT molecular complexity index is 644. The second kappa shape index (κ2) is 6.31. The SMILES string of the molecule is O=C(Cc1ccccc1)N[C@@H]1CCSc2c(F)cccc21. The summed E-state index contributed by atoms with van der Waals surface area (Å²) in [5, 5.41) is 3.03. The van der Waals surface area contributed by atoms with E-state index in [0.717, 1.165) is 23.3 Å². The molecule has 0 aromatic heterocycles. The third-order valence-electron chi connectivity index (χ3n) is 3.57. The van der Waals surface area contributed by atoms with Crippen LogP contribution in [0.15, 0.2) is 53.4 Å². The minimum Gasteiger partial charge on any atom is -0.349 e. The second-order valence-electron chi connectivity index (χ2n) is 5.08. The summed E-state index contributed by atoms with van der Waals surface area (Å²) in [6.45, 7) is 0. The van der Waals surface area contributed by atoms with E-state index in [1.807, 2.05) is 36.4 Å². The number of benzene rings is 2. The second-order valence-corrected chi connectivity index (χ2v) is 6.18. The molecule has 1 amide bonds. The number of amides is 1. The lowest BCUT2D eigenvalue weighted by Gasteiger charge is -2.26. The van der Waals surface area contributed by atoms with Gasteiger partial charge in [-0.1, -0.05) is 42.5 Å². The largest absolute Gasteiger partial charge is 0.349 e. The number of fused-ring (bicyclic) bond motifs is 1. The number of thioether (sulfide) groups is 1. The number of nitrogens with one attached hydrogen (secondary N) is 1. The fourth-order valence-electron chi connectivity index (χ4n) is 2.56. The van der Waals surface area contributed by atoms with Gasteiger partial charge in [0.2, 0.25) is 5.91 Å². The molecule has 108 valence electrons. The fraction of sp³-hybridized carbons (Fsp3) is 0.235. The van der Waals surface area contributed by atoms with E-state index in [-0.39, 0.29) is 17.8 Å². The van der Waals surface area contributed by atoms with E-state index in [1.54, 1.807) is 6.07 Å². The Balaban J connectivity index is 1.72. The van der Waals surface area contributed by atoms with Gasteiger partial charge in [0.1, 0.15) is 5.82 Å². The summed E-state index contributed by atoms with van der Waals surface area (Å²) in [6, 6.07) is 14.6. The van der Waals surface area contributed by atoms with Gasteiger partial charge < -0.3 is 5.32 Å². The molecule has 0 radical (unpaired) electrons. The summed E-state index contributed by atoms with van der Waals surface area (Å²) in [4.78, 5) is 12.8. The van der Waals surface area contributed by atoms with Crippen LogP contribution in [0.2, 0.25) is 0 Å². The third kappa shape index (κ3) is 3.27. The van der Waals surface area contributed by atoms with Gasteiger partial charge in [-0.05, 0) is 23.6 Å². The number of hydrogen-bond acceptors (Lipinski definition) is 2. The van der Waals surface area contributed by atoms with E-state index in [4.69, 9.17) is 0 Å². The van der Waals surface area contributed by atoms with Gasteiger partial charge in [0.15, 0.2) is 0 Å². The van der Waals surface area contributed by atoms with Crippen molar-refractivity contribution in [3.8, 4) is 0 Å². The molecule has 1 aliphatic rings. The molecular formula is C17H16FNOS. The Labute approximate surface area is 127 Å². The number of rotatable bonds is 3. The molecule has 0 aliphatic carbocycles. The molecule has 1 atom stereocenters. The van der Waals surface area contributed by atoms with E-state index in [1.165, 1.54) is 17.8 Å². The zero-order valence-corrected chi connectivity index (χ0v) is 12.3. The average Bonchev–Trinajstić information content (AvgIpc) is 2.49. The van der Waals surface area contributed by atoms with Crippen molar-refractivity contribution in [2.24, 2.45) is 0 Å². The molecule has 1 heterocycles. The molecule has 0 spiro atoms. The van der Waals surface area contributed by atoms with Crippen LogP contribution in [-0.2, 0) is 11.2 Å². The number of hydrogen-bond donors (Lipinski definition) is 1. The molecule has 0 saturated heterocycles. The highest BCUT2D eigenvalue weighted by Crippen LogP contribution is 2.37. The molecular weight excluding hydrogens is 285 g/mol. The number of halogens is 1. The van der Waals surface area contributed by atoms with E-state index in [2.05, 4.69) is 5.32 Å². The van der Waals surface area contributed by atoms with Crippen LogP contribution in [0, 0.1) is 5.82 Å². The minimum absolute atomic E-state index is 0.0201. The maximum atomic E-state index is 13.8. The van der Waals surface area contributed by atoms with E-state index >= 15 is 0 Å². The van der Waals surface area contributed by atoms with Crippen LogP contribution in [0.1, 0.15) is 23.6 Å². The summed E-state index contributed by atoms with van der Waals surface area (Å²) in [5.74, 6) is 0.609. The van der Waals surface area contributed by atoms with Crippen molar-refractivity contribution in [2.45, 2.75) is 23.8 Å². The molecule has 21 heavy (non-hydrogen) atoms. The predicted molar refractivity (Wildman–Crippen MR) is 82.8 cm³/mol. The monoisotopic (exact) mass is 301 g/mol.